The Morgan fingerprint density at radius 1 is 0.969 bits per heavy atom. The zero-order chi connectivity index (χ0) is 23.5. The van der Waals surface area contributed by atoms with Gasteiger partial charge in [-0.3, -0.25) is 9.59 Å². The van der Waals surface area contributed by atoms with Crippen LogP contribution in [0.3, 0.4) is 0 Å². The van der Waals surface area contributed by atoms with Gasteiger partial charge in [0.1, 0.15) is 5.70 Å². The lowest BCUT2D eigenvalue weighted by molar-refractivity contribution is -0.117. The number of rotatable bonds is 11. The number of likely N-dealkylation sites (N-methyl/N-ethyl adjacent to an activating group) is 1. The van der Waals surface area contributed by atoms with E-state index < -0.39 is 0 Å². The largest absolute Gasteiger partial charge is 0.493 e. The summed E-state index contributed by atoms with van der Waals surface area (Å²) < 4.78 is 10.6. The average molecular weight is 440 g/mol. The van der Waals surface area contributed by atoms with Gasteiger partial charge in [-0.05, 0) is 55.9 Å². The number of hydrogen-bond acceptors (Lipinski definition) is 5. The summed E-state index contributed by atoms with van der Waals surface area (Å²) >= 11 is 0. The molecule has 0 saturated carbocycles. The number of hydrogen-bond donors (Lipinski definition) is 2. The van der Waals surface area contributed by atoms with Crippen LogP contribution in [0.2, 0.25) is 0 Å². The molecule has 2 rings (SSSR count). The molecule has 0 aromatic heterocycles. The second-order valence-corrected chi connectivity index (χ2v) is 7.28. The van der Waals surface area contributed by atoms with Crippen molar-refractivity contribution in [2.24, 2.45) is 0 Å². The van der Waals surface area contributed by atoms with Crippen molar-refractivity contribution in [2.45, 2.75) is 20.8 Å². The Hall–Kier alpha value is -3.32. The van der Waals surface area contributed by atoms with Crippen LogP contribution >= 0.6 is 0 Å². The lowest BCUT2D eigenvalue weighted by atomic mass is 10.1. The van der Waals surface area contributed by atoms with Crippen molar-refractivity contribution in [3.63, 3.8) is 0 Å². The van der Waals surface area contributed by atoms with Crippen molar-refractivity contribution in [3.8, 4) is 11.5 Å². The summed E-state index contributed by atoms with van der Waals surface area (Å²) in [5.74, 6) is 0.411. The first-order valence-electron chi connectivity index (χ1n) is 10.7. The molecule has 2 aromatic carbocycles. The summed E-state index contributed by atoms with van der Waals surface area (Å²) in [7, 11) is 3.11. The van der Waals surface area contributed by atoms with Crippen molar-refractivity contribution in [3.05, 3.63) is 64.9 Å². The van der Waals surface area contributed by atoms with E-state index in [4.69, 9.17) is 9.47 Å². The molecule has 7 nitrogen and oxygen atoms in total. The van der Waals surface area contributed by atoms with E-state index in [9.17, 15) is 9.59 Å². The molecule has 0 radical (unpaired) electrons. The lowest BCUT2D eigenvalue weighted by Gasteiger charge is -2.18. The highest BCUT2D eigenvalue weighted by atomic mass is 16.5. The predicted molar refractivity (Wildman–Crippen MR) is 127 cm³/mol. The Bertz CT molecular complexity index is 935. The highest BCUT2D eigenvalue weighted by Gasteiger charge is 2.15. The number of nitrogens with zero attached hydrogens (tertiary/aromatic N) is 1. The first-order valence-corrected chi connectivity index (χ1v) is 10.7. The fraction of sp³-hybridized carbons (Fsp3) is 0.360. The van der Waals surface area contributed by atoms with Gasteiger partial charge in [-0.25, -0.2) is 0 Å². The fourth-order valence-electron chi connectivity index (χ4n) is 3.13. The molecule has 2 N–H and O–H groups in total. The number of benzene rings is 2. The number of ether oxygens (including phenoxy) is 2. The van der Waals surface area contributed by atoms with E-state index in [1.54, 1.807) is 50.6 Å². The molecular formula is C25H33N3O4. The van der Waals surface area contributed by atoms with E-state index in [0.29, 0.717) is 29.2 Å². The molecule has 0 fully saturated rings. The number of carbonyl (C=O) groups excluding carboxylic acids is 2. The van der Waals surface area contributed by atoms with Crippen LogP contribution in [0.5, 0.6) is 11.5 Å². The first-order chi connectivity index (χ1) is 15.4. The Labute approximate surface area is 190 Å². The minimum Gasteiger partial charge on any atom is -0.493 e. The van der Waals surface area contributed by atoms with E-state index in [1.807, 2.05) is 19.1 Å². The summed E-state index contributed by atoms with van der Waals surface area (Å²) in [5.41, 5.74) is 2.38. The van der Waals surface area contributed by atoms with Gasteiger partial charge < -0.3 is 25.0 Å². The molecule has 0 aliphatic carbocycles. The van der Waals surface area contributed by atoms with Gasteiger partial charge in [0.25, 0.3) is 11.8 Å². The van der Waals surface area contributed by atoms with Crippen molar-refractivity contribution in [1.29, 1.82) is 0 Å². The van der Waals surface area contributed by atoms with Crippen molar-refractivity contribution in [1.82, 2.24) is 15.5 Å². The molecule has 0 aliphatic heterocycles. The maximum Gasteiger partial charge on any atom is 0.267 e. The molecule has 0 unspecified atom stereocenters. The number of nitrogens with one attached hydrogen (secondary N) is 2. The molecule has 0 bridgehead atoms. The zero-order valence-electron chi connectivity index (χ0n) is 19.5. The van der Waals surface area contributed by atoms with Crippen LogP contribution in [0.4, 0.5) is 0 Å². The SMILES string of the molecule is CCN(CC)CCNC(=O)/C(=C/c1ccc(OC)c(OC)c1)NC(=O)c1ccc(C)cc1. The van der Waals surface area contributed by atoms with Gasteiger partial charge in [-0.15, -0.1) is 0 Å². The van der Waals surface area contributed by atoms with Crippen LogP contribution in [0.25, 0.3) is 6.08 Å². The Morgan fingerprint density at radius 2 is 1.62 bits per heavy atom. The monoisotopic (exact) mass is 439 g/mol. The highest BCUT2D eigenvalue weighted by molar-refractivity contribution is 6.05. The second kappa shape index (κ2) is 12.5. The Kier molecular flexibility index (Phi) is 9.76. The summed E-state index contributed by atoms with van der Waals surface area (Å²) in [5, 5.41) is 5.66. The number of aryl methyl sites for hydroxylation is 1. The van der Waals surface area contributed by atoms with E-state index in [2.05, 4.69) is 29.4 Å². The van der Waals surface area contributed by atoms with Gasteiger partial charge in [0, 0.05) is 18.7 Å². The van der Waals surface area contributed by atoms with Crippen molar-refractivity contribution < 1.29 is 19.1 Å². The van der Waals surface area contributed by atoms with Crippen LogP contribution in [0.15, 0.2) is 48.2 Å². The molecule has 0 saturated heterocycles. The maximum atomic E-state index is 12.9. The van der Waals surface area contributed by atoms with Gasteiger partial charge in [0.05, 0.1) is 14.2 Å². The van der Waals surface area contributed by atoms with Crippen molar-refractivity contribution in [2.75, 3.05) is 40.4 Å². The number of carbonyl (C=O) groups is 2. The average Bonchev–Trinajstić information content (AvgIpc) is 2.81. The highest BCUT2D eigenvalue weighted by Crippen LogP contribution is 2.28. The van der Waals surface area contributed by atoms with E-state index in [-0.39, 0.29) is 17.5 Å². The Morgan fingerprint density at radius 3 is 2.22 bits per heavy atom. The quantitative estimate of drug-likeness (QED) is 0.526. The molecule has 32 heavy (non-hydrogen) atoms. The molecule has 0 atom stereocenters. The summed E-state index contributed by atoms with van der Waals surface area (Å²) in [6.45, 7) is 9.13. The van der Waals surface area contributed by atoms with E-state index in [1.165, 1.54) is 0 Å². The number of amides is 2. The summed E-state index contributed by atoms with van der Waals surface area (Å²) in [6.07, 6.45) is 1.63. The van der Waals surface area contributed by atoms with Gasteiger partial charge in [0.2, 0.25) is 0 Å². The van der Waals surface area contributed by atoms with Crippen LogP contribution in [0.1, 0.15) is 35.3 Å². The molecule has 172 valence electrons. The zero-order valence-corrected chi connectivity index (χ0v) is 19.5. The second-order valence-electron chi connectivity index (χ2n) is 7.28. The van der Waals surface area contributed by atoms with Gasteiger partial charge >= 0.3 is 0 Å². The van der Waals surface area contributed by atoms with Crippen LogP contribution in [0, 0.1) is 6.92 Å². The third kappa shape index (κ3) is 7.13. The summed E-state index contributed by atoms with van der Waals surface area (Å²) in [6, 6.07) is 12.5. The smallest absolute Gasteiger partial charge is 0.267 e. The fourth-order valence-corrected chi connectivity index (χ4v) is 3.13. The standard InChI is InChI=1S/C25H33N3O4/c1-6-28(7-2)15-14-26-25(30)21(27-24(29)20-11-8-18(3)9-12-20)16-19-10-13-22(31-4)23(17-19)32-5/h8-13,16-17H,6-7,14-15H2,1-5H3,(H,26,30)(H,27,29)/b21-16-. The van der Waals surface area contributed by atoms with Crippen LogP contribution in [-0.2, 0) is 4.79 Å². The van der Waals surface area contributed by atoms with Gasteiger partial charge in [-0.2, -0.15) is 0 Å². The van der Waals surface area contributed by atoms with Crippen molar-refractivity contribution >= 4 is 17.9 Å². The maximum absolute atomic E-state index is 12.9. The molecular weight excluding hydrogens is 406 g/mol. The normalized spacial score (nSPS) is 11.2. The molecule has 0 spiro atoms. The molecule has 7 heteroatoms. The molecule has 2 aromatic rings. The topological polar surface area (TPSA) is 79.9 Å². The molecule has 0 aliphatic rings. The van der Waals surface area contributed by atoms with Gasteiger partial charge in [-0.1, -0.05) is 37.6 Å². The predicted octanol–water partition coefficient (Wildman–Crippen LogP) is 3.24. The first kappa shape index (κ1) is 24.9. The molecule has 2 amide bonds. The van der Waals surface area contributed by atoms with E-state index >= 15 is 0 Å². The van der Waals surface area contributed by atoms with Crippen LogP contribution < -0.4 is 20.1 Å². The van der Waals surface area contributed by atoms with E-state index in [0.717, 1.165) is 25.2 Å². The third-order valence-electron chi connectivity index (χ3n) is 5.13. The summed E-state index contributed by atoms with van der Waals surface area (Å²) in [4.78, 5) is 27.9. The molecule has 0 heterocycles. The van der Waals surface area contributed by atoms with Crippen LogP contribution in [-0.4, -0.2) is 57.1 Å². The minimum absolute atomic E-state index is 0.155. The van der Waals surface area contributed by atoms with Gasteiger partial charge in [0.15, 0.2) is 11.5 Å². The Balaban J connectivity index is 2.27. The lowest BCUT2D eigenvalue weighted by Crippen LogP contribution is -2.39. The minimum atomic E-state index is -0.354. The number of methoxy groups -OCH3 is 2. The third-order valence-corrected chi connectivity index (χ3v) is 5.13.